The highest BCUT2D eigenvalue weighted by molar-refractivity contribution is 7.99. The highest BCUT2D eigenvalue weighted by atomic mass is 32.2. The van der Waals surface area contributed by atoms with Gasteiger partial charge in [0, 0.05) is 12.6 Å². The van der Waals surface area contributed by atoms with Crippen molar-refractivity contribution < 1.29 is 5.11 Å². The lowest BCUT2D eigenvalue weighted by Gasteiger charge is -2.28. The molecule has 0 aromatic rings. The summed E-state index contributed by atoms with van der Waals surface area (Å²) in [6.07, 6.45) is 5.10. The summed E-state index contributed by atoms with van der Waals surface area (Å²) in [5.41, 5.74) is 0. The van der Waals surface area contributed by atoms with Gasteiger partial charge in [0.2, 0.25) is 0 Å². The molecular formula is C10H19NOS. The van der Waals surface area contributed by atoms with E-state index in [0.29, 0.717) is 12.0 Å². The second-order valence-electron chi connectivity index (χ2n) is 4.23. The Morgan fingerprint density at radius 1 is 1.38 bits per heavy atom. The Hall–Kier alpha value is 0.270. The van der Waals surface area contributed by atoms with E-state index in [1.54, 1.807) is 0 Å². The van der Waals surface area contributed by atoms with Crippen LogP contribution < -0.4 is 5.32 Å². The maximum Gasteiger partial charge on any atom is 0.0700 e. The Bertz CT molecular complexity index is 155. The molecule has 1 heterocycles. The van der Waals surface area contributed by atoms with Gasteiger partial charge >= 0.3 is 0 Å². The molecule has 0 bridgehead atoms. The minimum absolute atomic E-state index is 0.101. The minimum atomic E-state index is -0.101. The van der Waals surface area contributed by atoms with Crippen LogP contribution in [0.2, 0.25) is 0 Å². The van der Waals surface area contributed by atoms with Gasteiger partial charge in [-0.05, 0) is 36.7 Å². The van der Waals surface area contributed by atoms with Crippen molar-refractivity contribution in [1.82, 2.24) is 5.32 Å². The molecule has 0 spiro atoms. The maximum atomic E-state index is 9.84. The van der Waals surface area contributed by atoms with Crippen LogP contribution in [0.1, 0.15) is 25.7 Å². The Labute approximate surface area is 84.5 Å². The van der Waals surface area contributed by atoms with Gasteiger partial charge in [-0.15, -0.1) is 0 Å². The van der Waals surface area contributed by atoms with E-state index < -0.39 is 0 Å². The fourth-order valence-corrected chi connectivity index (χ4v) is 3.25. The molecule has 0 aromatic heterocycles. The first-order chi connectivity index (χ1) is 6.36. The summed E-state index contributed by atoms with van der Waals surface area (Å²) in [4.78, 5) is 0. The van der Waals surface area contributed by atoms with Crippen molar-refractivity contribution in [2.24, 2.45) is 5.92 Å². The summed E-state index contributed by atoms with van der Waals surface area (Å²) in [6, 6.07) is 0.712. The molecule has 0 aromatic carbocycles. The van der Waals surface area contributed by atoms with Crippen molar-refractivity contribution in [3.8, 4) is 0 Å². The van der Waals surface area contributed by atoms with E-state index in [1.165, 1.54) is 31.4 Å². The summed E-state index contributed by atoms with van der Waals surface area (Å²) in [7, 11) is 0. The van der Waals surface area contributed by atoms with E-state index in [9.17, 15) is 5.11 Å². The van der Waals surface area contributed by atoms with Crippen LogP contribution in [0, 0.1) is 5.92 Å². The Morgan fingerprint density at radius 3 is 2.77 bits per heavy atom. The van der Waals surface area contributed by atoms with Crippen molar-refractivity contribution in [3.05, 3.63) is 0 Å². The highest BCUT2D eigenvalue weighted by Crippen LogP contribution is 2.26. The first-order valence-electron chi connectivity index (χ1n) is 5.35. The van der Waals surface area contributed by atoms with Gasteiger partial charge in [0.15, 0.2) is 0 Å². The van der Waals surface area contributed by atoms with E-state index in [1.807, 2.05) is 11.8 Å². The van der Waals surface area contributed by atoms with Crippen LogP contribution in [0.25, 0.3) is 0 Å². The molecule has 2 atom stereocenters. The molecular weight excluding hydrogens is 182 g/mol. The lowest BCUT2D eigenvalue weighted by Crippen LogP contribution is -2.42. The van der Waals surface area contributed by atoms with Gasteiger partial charge in [0.1, 0.15) is 0 Å². The van der Waals surface area contributed by atoms with Crippen LogP contribution in [-0.2, 0) is 0 Å². The van der Waals surface area contributed by atoms with Gasteiger partial charge in [-0.1, -0.05) is 6.42 Å². The number of rotatable bonds is 4. The molecule has 2 rings (SSSR count). The average molecular weight is 201 g/mol. The summed E-state index contributed by atoms with van der Waals surface area (Å²) < 4.78 is 0. The average Bonchev–Trinajstić information content (AvgIpc) is 2.52. The molecule has 1 saturated carbocycles. The van der Waals surface area contributed by atoms with Crippen LogP contribution in [0.4, 0.5) is 0 Å². The number of hydrogen-bond acceptors (Lipinski definition) is 3. The quantitative estimate of drug-likeness (QED) is 0.718. The second kappa shape index (κ2) is 4.67. The first-order valence-corrected chi connectivity index (χ1v) is 6.51. The zero-order valence-corrected chi connectivity index (χ0v) is 8.85. The SMILES string of the molecule is OC(CNC1CCC1)C1CCSC1. The molecule has 2 aliphatic rings. The third-order valence-corrected chi connectivity index (χ3v) is 4.42. The van der Waals surface area contributed by atoms with E-state index in [-0.39, 0.29) is 6.10 Å². The van der Waals surface area contributed by atoms with E-state index in [4.69, 9.17) is 0 Å². The smallest absolute Gasteiger partial charge is 0.0700 e. The van der Waals surface area contributed by atoms with Crippen molar-refractivity contribution in [2.75, 3.05) is 18.1 Å². The lowest BCUT2D eigenvalue weighted by molar-refractivity contribution is 0.110. The lowest BCUT2D eigenvalue weighted by atomic mass is 9.92. The van der Waals surface area contributed by atoms with E-state index in [0.717, 1.165) is 12.3 Å². The van der Waals surface area contributed by atoms with Crippen molar-refractivity contribution >= 4 is 11.8 Å². The highest BCUT2D eigenvalue weighted by Gasteiger charge is 2.25. The Morgan fingerprint density at radius 2 is 2.23 bits per heavy atom. The van der Waals surface area contributed by atoms with Crippen LogP contribution in [-0.4, -0.2) is 35.3 Å². The molecule has 2 unspecified atom stereocenters. The molecule has 1 aliphatic heterocycles. The molecule has 0 radical (unpaired) electrons. The number of hydrogen-bond donors (Lipinski definition) is 2. The van der Waals surface area contributed by atoms with Crippen molar-refractivity contribution in [1.29, 1.82) is 0 Å². The predicted octanol–water partition coefficient (Wildman–Crippen LogP) is 1.24. The normalized spacial score (nSPS) is 31.6. The molecule has 0 amide bonds. The standard InChI is InChI=1S/C10H19NOS/c12-10(8-4-5-13-7-8)6-11-9-2-1-3-9/h8-12H,1-7H2. The fourth-order valence-electron chi connectivity index (χ4n) is 1.92. The summed E-state index contributed by atoms with van der Waals surface area (Å²) in [6.45, 7) is 0.815. The maximum absolute atomic E-state index is 9.84. The van der Waals surface area contributed by atoms with Gasteiger partial charge in [-0.3, -0.25) is 0 Å². The topological polar surface area (TPSA) is 32.3 Å². The number of aliphatic hydroxyl groups is 1. The molecule has 2 N–H and O–H groups in total. The van der Waals surface area contributed by atoms with E-state index in [2.05, 4.69) is 5.32 Å². The van der Waals surface area contributed by atoms with Crippen LogP contribution in [0.15, 0.2) is 0 Å². The third kappa shape index (κ3) is 2.61. The van der Waals surface area contributed by atoms with Crippen LogP contribution in [0.3, 0.4) is 0 Å². The van der Waals surface area contributed by atoms with Gasteiger partial charge in [0.25, 0.3) is 0 Å². The van der Waals surface area contributed by atoms with E-state index >= 15 is 0 Å². The Kier molecular flexibility index (Phi) is 3.52. The van der Waals surface area contributed by atoms with Gasteiger partial charge in [0.05, 0.1) is 6.10 Å². The molecule has 1 saturated heterocycles. The number of aliphatic hydroxyl groups excluding tert-OH is 1. The molecule has 13 heavy (non-hydrogen) atoms. The van der Waals surface area contributed by atoms with Crippen LogP contribution in [0.5, 0.6) is 0 Å². The zero-order valence-electron chi connectivity index (χ0n) is 8.04. The zero-order chi connectivity index (χ0) is 9.10. The first kappa shape index (κ1) is 9.81. The molecule has 2 fully saturated rings. The summed E-state index contributed by atoms with van der Waals surface area (Å²) in [5.74, 6) is 2.95. The van der Waals surface area contributed by atoms with Crippen LogP contribution >= 0.6 is 11.8 Å². The van der Waals surface area contributed by atoms with Gasteiger partial charge in [-0.25, -0.2) is 0 Å². The largest absolute Gasteiger partial charge is 0.391 e. The summed E-state index contributed by atoms with van der Waals surface area (Å²) >= 11 is 1.98. The van der Waals surface area contributed by atoms with Gasteiger partial charge < -0.3 is 10.4 Å². The Balaban J connectivity index is 1.62. The summed E-state index contributed by atoms with van der Waals surface area (Å²) in [5, 5.41) is 13.3. The molecule has 3 heteroatoms. The number of nitrogens with one attached hydrogen (secondary N) is 1. The molecule has 76 valence electrons. The number of thioether (sulfide) groups is 1. The monoisotopic (exact) mass is 201 g/mol. The minimum Gasteiger partial charge on any atom is -0.391 e. The molecule has 1 aliphatic carbocycles. The second-order valence-corrected chi connectivity index (χ2v) is 5.38. The fraction of sp³-hybridized carbons (Fsp3) is 1.00. The van der Waals surface area contributed by atoms with Crippen molar-refractivity contribution in [3.63, 3.8) is 0 Å². The van der Waals surface area contributed by atoms with Gasteiger partial charge in [-0.2, -0.15) is 11.8 Å². The molecule has 2 nitrogen and oxygen atoms in total. The predicted molar refractivity (Wildman–Crippen MR) is 57.1 cm³/mol. The third-order valence-electron chi connectivity index (χ3n) is 3.23. The van der Waals surface area contributed by atoms with Crippen molar-refractivity contribution in [2.45, 2.75) is 37.8 Å².